The third kappa shape index (κ3) is 1.88. The summed E-state index contributed by atoms with van der Waals surface area (Å²) in [5.41, 5.74) is 2.87. The second-order valence-electron chi connectivity index (χ2n) is 2.27. The molecule has 0 aliphatic heterocycles. The highest BCUT2D eigenvalue weighted by atomic mass is 35.5. The zero-order valence-corrected chi connectivity index (χ0v) is 7.43. The highest BCUT2D eigenvalue weighted by Crippen LogP contribution is 2.27. The molecular formula is C8H10ClNO2. The van der Waals surface area contributed by atoms with Gasteiger partial charge in [0.2, 0.25) is 0 Å². The number of halogens is 1. The average molecular weight is 188 g/mol. The second kappa shape index (κ2) is 4.30. The Labute approximate surface area is 75.9 Å². The van der Waals surface area contributed by atoms with Crippen LogP contribution in [0, 0.1) is 0 Å². The molecule has 0 amide bonds. The molecule has 1 rings (SSSR count). The third-order valence-corrected chi connectivity index (χ3v) is 1.82. The van der Waals surface area contributed by atoms with Crippen LogP contribution in [-0.4, -0.2) is 12.3 Å². The summed E-state index contributed by atoms with van der Waals surface area (Å²) < 4.78 is 5.05. The topological polar surface area (TPSA) is 41.5 Å². The molecule has 0 aromatic heterocycles. The Bertz CT molecular complexity index is 265. The molecular weight excluding hydrogens is 178 g/mol. The van der Waals surface area contributed by atoms with Crippen molar-refractivity contribution in [2.75, 3.05) is 7.11 Å². The van der Waals surface area contributed by atoms with E-state index in [0.29, 0.717) is 17.3 Å². The molecule has 0 fully saturated rings. The van der Waals surface area contributed by atoms with Gasteiger partial charge in [0, 0.05) is 12.1 Å². The Kier molecular flexibility index (Phi) is 3.34. The lowest BCUT2D eigenvalue weighted by atomic mass is 10.2. The molecule has 0 saturated heterocycles. The molecule has 0 aliphatic carbocycles. The van der Waals surface area contributed by atoms with Crippen LogP contribution in [0.3, 0.4) is 0 Å². The molecule has 0 atom stereocenters. The fourth-order valence-corrected chi connectivity index (χ4v) is 1.28. The van der Waals surface area contributed by atoms with E-state index in [2.05, 4.69) is 0 Å². The zero-order valence-electron chi connectivity index (χ0n) is 6.67. The number of hydrogen-bond donors (Lipinski definition) is 2. The first-order valence-corrected chi connectivity index (χ1v) is 3.85. The molecule has 0 radical (unpaired) electrons. The summed E-state index contributed by atoms with van der Waals surface area (Å²) in [5.74, 6) is 0.598. The van der Waals surface area contributed by atoms with Crippen molar-refractivity contribution in [1.29, 1.82) is 0 Å². The lowest BCUT2D eigenvalue weighted by Crippen LogP contribution is -2.07. The maximum absolute atomic E-state index is 8.48. The van der Waals surface area contributed by atoms with Gasteiger partial charge in [-0.15, -0.1) is 0 Å². The quantitative estimate of drug-likeness (QED) is 0.710. The summed E-state index contributed by atoms with van der Waals surface area (Å²) in [6.07, 6.45) is 0. The fraction of sp³-hybridized carbons (Fsp3) is 0.250. The van der Waals surface area contributed by atoms with Crippen LogP contribution < -0.4 is 10.2 Å². The van der Waals surface area contributed by atoms with Crippen LogP contribution in [0.5, 0.6) is 5.75 Å². The second-order valence-corrected chi connectivity index (χ2v) is 2.67. The SMILES string of the molecule is COc1c(Cl)cccc1CNO. The number of hydrogen-bond acceptors (Lipinski definition) is 3. The van der Waals surface area contributed by atoms with Crippen LogP contribution in [0.1, 0.15) is 5.56 Å². The lowest BCUT2D eigenvalue weighted by molar-refractivity contribution is 0.160. The maximum Gasteiger partial charge on any atom is 0.142 e. The minimum absolute atomic E-state index is 0.323. The predicted octanol–water partition coefficient (Wildman–Crippen LogP) is 1.83. The summed E-state index contributed by atoms with van der Waals surface area (Å²) in [4.78, 5) is 0. The Morgan fingerprint density at radius 1 is 1.58 bits per heavy atom. The van der Waals surface area contributed by atoms with E-state index >= 15 is 0 Å². The summed E-state index contributed by atoms with van der Waals surface area (Å²) >= 11 is 5.83. The van der Waals surface area contributed by atoms with E-state index in [1.54, 1.807) is 19.2 Å². The Hall–Kier alpha value is -0.770. The number of methoxy groups -OCH3 is 1. The first-order valence-electron chi connectivity index (χ1n) is 3.48. The van der Waals surface area contributed by atoms with Gasteiger partial charge < -0.3 is 9.94 Å². The smallest absolute Gasteiger partial charge is 0.142 e. The Balaban J connectivity index is 3.00. The van der Waals surface area contributed by atoms with Gasteiger partial charge in [-0.3, -0.25) is 0 Å². The normalized spacial score (nSPS) is 9.92. The van der Waals surface area contributed by atoms with E-state index in [1.807, 2.05) is 11.5 Å². The highest BCUT2D eigenvalue weighted by molar-refractivity contribution is 6.32. The summed E-state index contributed by atoms with van der Waals surface area (Å²) in [6, 6.07) is 5.37. The first-order chi connectivity index (χ1) is 5.79. The van der Waals surface area contributed by atoms with Gasteiger partial charge in [0.1, 0.15) is 5.75 Å². The molecule has 1 aromatic rings. The molecule has 12 heavy (non-hydrogen) atoms. The minimum Gasteiger partial charge on any atom is -0.495 e. The van der Waals surface area contributed by atoms with Crippen molar-refractivity contribution in [2.45, 2.75) is 6.54 Å². The number of rotatable bonds is 3. The molecule has 0 spiro atoms. The van der Waals surface area contributed by atoms with Gasteiger partial charge in [-0.2, -0.15) is 0 Å². The van der Waals surface area contributed by atoms with Gasteiger partial charge in [0.05, 0.1) is 12.1 Å². The number of hydroxylamine groups is 1. The highest BCUT2D eigenvalue weighted by Gasteiger charge is 2.05. The van der Waals surface area contributed by atoms with Crippen LogP contribution in [0.25, 0.3) is 0 Å². The predicted molar refractivity (Wildman–Crippen MR) is 46.6 cm³/mol. The van der Waals surface area contributed by atoms with E-state index in [0.717, 1.165) is 5.56 Å². The monoisotopic (exact) mass is 187 g/mol. The van der Waals surface area contributed by atoms with Crippen molar-refractivity contribution in [1.82, 2.24) is 5.48 Å². The molecule has 0 aliphatic rings. The van der Waals surface area contributed by atoms with E-state index < -0.39 is 0 Å². The van der Waals surface area contributed by atoms with E-state index in [1.165, 1.54) is 0 Å². The average Bonchev–Trinajstić information content (AvgIpc) is 2.05. The van der Waals surface area contributed by atoms with Crippen LogP contribution in [-0.2, 0) is 6.54 Å². The molecule has 0 unspecified atom stereocenters. The Morgan fingerprint density at radius 2 is 2.33 bits per heavy atom. The van der Waals surface area contributed by atoms with Crippen LogP contribution in [0.15, 0.2) is 18.2 Å². The van der Waals surface area contributed by atoms with Crippen molar-refractivity contribution >= 4 is 11.6 Å². The standard InChI is InChI=1S/C8H10ClNO2/c1-12-8-6(5-10-11)3-2-4-7(8)9/h2-4,10-11H,5H2,1H3. The van der Waals surface area contributed by atoms with Crippen molar-refractivity contribution in [3.8, 4) is 5.75 Å². The van der Waals surface area contributed by atoms with E-state index in [9.17, 15) is 0 Å². The van der Waals surface area contributed by atoms with Gasteiger partial charge in [0.25, 0.3) is 0 Å². The molecule has 2 N–H and O–H groups in total. The van der Waals surface area contributed by atoms with E-state index in [4.69, 9.17) is 21.5 Å². The van der Waals surface area contributed by atoms with Crippen molar-refractivity contribution in [2.24, 2.45) is 0 Å². The number of para-hydroxylation sites is 1. The first kappa shape index (κ1) is 9.32. The number of nitrogens with one attached hydrogen (secondary N) is 1. The number of ether oxygens (including phenoxy) is 1. The summed E-state index contributed by atoms with van der Waals surface area (Å²) in [7, 11) is 1.54. The van der Waals surface area contributed by atoms with Crippen LogP contribution in [0.4, 0.5) is 0 Å². The third-order valence-electron chi connectivity index (χ3n) is 1.52. The summed E-state index contributed by atoms with van der Waals surface area (Å²) in [5, 5.41) is 9.03. The number of benzene rings is 1. The lowest BCUT2D eigenvalue weighted by Gasteiger charge is -2.08. The molecule has 1 aromatic carbocycles. The van der Waals surface area contributed by atoms with Crippen LogP contribution in [0.2, 0.25) is 5.02 Å². The maximum atomic E-state index is 8.48. The molecule has 4 heteroatoms. The van der Waals surface area contributed by atoms with Gasteiger partial charge in [-0.05, 0) is 6.07 Å². The molecule has 0 saturated carbocycles. The molecule has 66 valence electrons. The zero-order chi connectivity index (χ0) is 8.97. The van der Waals surface area contributed by atoms with E-state index in [-0.39, 0.29) is 0 Å². The van der Waals surface area contributed by atoms with Gasteiger partial charge >= 0.3 is 0 Å². The Morgan fingerprint density at radius 3 is 2.92 bits per heavy atom. The van der Waals surface area contributed by atoms with Crippen molar-refractivity contribution in [3.63, 3.8) is 0 Å². The van der Waals surface area contributed by atoms with Gasteiger partial charge in [-0.1, -0.05) is 23.7 Å². The fourth-order valence-electron chi connectivity index (χ4n) is 1.01. The van der Waals surface area contributed by atoms with Crippen LogP contribution >= 0.6 is 11.6 Å². The minimum atomic E-state index is 0.323. The molecule has 0 bridgehead atoms. The molecule has 3 nitrogen and oxygen atoms in total. The summed E-state index contributed by atoms with van der Waals surface area (Å²) in [6.45, 7) is 0.323. The largest absolute Gasteiger partial charge is 0.495 e. The van der Waals surface area contributed by atoms with Crippen molar-refractivity contribution < 1.29 is 9.94 Å². The van der Waals surface area contributed by atoms with Gasteiger partial charge in [0.15, 0.2) is 0 Å². The molecule has 0 heterocycles. The van der Waals surface area contributed by atoms with Gasteiger partial charge in [-0.25, -0.2) is 5.48 Å². The van der Waals surface area contributed by atoms with Crippen molar-refractivity contribution in [3.05, 3.63) is 28.8 Å².